The molecule has 0 aromatic carbocycles. The maximum Gasteiger partial charge on any atom is 0.333 e. The van der Waals surface area contributed by atoms with E-state index in [2.05, 4.69) is 20.4 Å². The fourth-order valence-electron chi connectivity index (χ4n) is 3.11. The maximum absolute atomic E-state index is 11.3. The van der Waals surface area contributed by atoms with Gasteiger partial charge in [0.05, 0.1) is 0 Å². The molecule has 0 aromatic rings. The molecule has 16 heavy (non-hydrogen) atoms. The molecule has 0 heterocycles. The van der Waals surface area contributed by atoms with Gasteiger partial charge >= 0.3 is 5.97 Å². The molecule has 2 aliphatic carbocycles. The van der Waals surface area contributed by atoms with Gasteiger partial charge in [-0.1, -0.05) is 34.3 Å². The number of hydrogen-bond acceptors (Lipinski definition) is 2. The van der Waals surface area contributed by atoms with Gasteiger partial charge in [0.15, 0.2) is 0 Å². The number of carbonyl (C=O) groups is 1. The zero-order valence-electron chi connectivity index (χ0n) is 11.1. The van der Waals surface area contributed by atoms with E-state index >= 15 is 0 Å². The van der Waals surface area contributed by atoms with Crippen LogP contribution in [0, 0.1) is 23.7 Å². The summed E-state index contributed by atoms with van der Waals surface area (Å²) in [6.45, 7) is 13.8. The summed E-state index contributed by atoms with van der Waals surface area (Å²) in [5.74, 6) is 2.60. The Labute approximate surface area is 99.1 Å². The predicted octanol–water partition coefficient (Wildman–Crippen LogP) is 3.42. The largest absolute Gasteiger partial charge is 0.458 e. The van der Waals surface area contributed by atoms with Crippen LogP contribution in [0.25, 0.3) is 0 Å². The Morgan fingerprint density at radius 2 is 1.88 bits per heavy atom. The number of carbonyl (C=O) groups excluding carboxylic acids is 1. The van der Waals surface area contributed by atoms with E-state index in [9.17, 15) is 4.79 Å². The topological polar surface area (TPSA) is 26.3 Å². The smallest absolute Gasteiger partial charge is 0.333 e. The first-order valence-electron chi connectivity index (χ1n) is 6.39. The molecule has 0 N–H and O–H groups in total. The molecule has 3 unspecified atom stereocenters. The molecule has 92 valence electrons. The van der Waals surface area contributed by atoms with Crippen molar-refractivity contribution in [2.75, 3.05) is 0 Å². The van der Waals surface area contributed by atoms with E-state index in [0.717, 1.165) is 11.8 Å². The van der Waals surface area contributed by atoms with Crippen molar-refractivity contribution in [3.8, 4) is 0 Å². The van der Waals surface area contributed by atoms with Crippen LogP contribution < -0.4 is 0 Å². The van der Waals surface area contributed by atoms with Crippen molar-refractivity contribution >= 4 is 5.97 Å². The second kappa shape index (κ2) is 5.03. The molecule has 5 atom stereocenters. The summed E-state index contributed by atoms with van der Waals surface area (Å²) in [6, 6.07) is 0. The lowest BCUT2D eigenvalue weighted by atomic mass is 9.47. The number of hydrogen-bond donors (Lipinski definition) is 0. The van der Waals surface area contributed by atoms with E-state index in [4.69, 9.17) is 4.74 Å². The lowest BCUT2D eigenvalue weighted by molar-refractivity contribution is -0.209. The third-order valence-corrected chi connectivity index (χ3v) is 3.93. The van der Waals surface area contributed by atoms with Gasteiger partial charge in [0, 0.05) is 5.57 Å². The van der Waals surface area contributed by atoms with Crippen LogP contribution in [0.2, 0.25) is 0 Å². The van der Waals surface area contributed by atoms with Crippen LogP contribution in [0.5, 0.6) is 0 Å². The van der Waals surface area contributed by atoms with Crippen molar-refractivity contribution in [2.45, 2.75) is 47.1 Å². The monoisotopic (exact) mass is 224 g/mol. The van der Waals surface area contributed by atoms with Gasteiger partial charge in [0.1, 0.15) is 6.10 Å². The molecule has 0 aliphatic heterocycles. The molecule has 0 radical (unpaired) electrons. The quantitative estimate of drug-likeness (QED) is 0.530. The molecule has 0 spiro atoms. The van der Waals surface area contributed by atoms with Crippen molar-refractivity contribution in [3.05, 3.63) is 12.2 Å². The first kappa shape index (κ1) is 13.3. The number of ether oxygens (including phenoxy) is 1. The summed E-state index contributed by atoms with van der Waals surface area (Å²) in [4.78, 5) is 11.3. The Morgan fingerprint density at radius 3 is 2.25 bits per heavy atom. The molecule has 2 aliphatic rings. The summed E-state index contributed by atoms with van der Waals surface area (Å²) in [7, 11) is 0. The van der Waals surface area contributed by atoms with Crippen molar-refractivity contribution in [1.82, 2.24) is 0 Å². The third-order valence-electron chi connectivity index (χ3n) is 3.93. The minimum absolute atomic E-state index is 0.167. The normalized spacial score (nSPS) is 39.2. The van der Waals surface area contributed by atoms with Gasteiger partial charge in [-0.3, -0.25) is 0 Å². The van der Waals surface area contributed by atoms with Crippen LogP contribution in [0.4, 0.5) is 0 Å². The van der Waals surface area contributed by atoms with Gasteiger partial charge in [0.25, 0.3) is 0 Å². The summed E-state index contributed by atoms with van der Waals surface area (Å²) >= 11 is 0. The van der Waals surface area contributed by atoms with Crippen molar-refractivity contribution in [2.24, 2.45) is 23.7 Å². The van der Waals surface area contributed by atoms with Crippen molar-refractivity contribution in [3.63, 3.8) is 0 Å². The Morgan fingerprint density at radius 1 is 1.31 bits per heavy atom. The Hall–Kier alpha value is -0.790. The summed E-state index contributed by atoms with van der Waals surface area (Å²) in [5.41, 5.74) is 0.507. The lowest BCUT2D eigenvalue weighted by Gasteiger charge is -2.61. The molecule has 0 aromatic heterocycles. The zero-order valence-corrected chi connectivity index (χ0v) is 11.1. The van der Waals surface area contributed by atoms with E-state index in [1.165, 1.54) is 6.42 Å². The highest BCUT2D eigenvalue weighted by molar-refractivity contribution is 5.87. The van der Waals surface area contributed by atoms with Gasteiger partial charge in [-0.25, -0.2) is 4.79 Å². The summed E-state index contributed by atoms with van der Waals surface area (Å²) < 4.78 is 5.40. The SMILES string of the molecule is C=C(C)C(=O)O[C@H]1C(C)[C@@H]2C(C)CC12.CC. The molecule has 2 nitrogen and oxygen atoms in total. The Kier molecular flexibility index (Phi) is 4.17. The van der Waals surface area contributed by atoms with Crippen LogP contribution >= 0.6 is 0 Å². The number of rotatable bonds is 2. The highest BCUT2D eigenvalue weighted by Crippen LogP contribution is 2.58. The van der Waals surface area contributed by atoms with Crippen molar-refractivity contribution in [1.29, 1.82) is 0 Å². The second-order valence-electron chi connectivity index (χ2n) is 4.96. The lowest BCUT2D eigenvalue weighted by Crippen LogP contribution is -2.61. The number of esters is 1. The minimum Gasteiger partial charge on any atom is -0.458 e. The first-order valence-corrected chi connectivity index (χ1v) is 6.39. The van der Waals surface area contributed by atoms with Crippen LogP contribution in [-0.4, -0.2) is 12.1 Å². The molecule has 0 bridgehead atoms. The highest BCUT2D eigenvalue weighted by atomic mass is 16.5. The number of fused-ring (bicyclic) bond motifs is 1. The molecule has 0 saturated heterocycles. The van der Waals surface area contributed by atoms with Gasteiger partial charge in [-0.05, 0) is 37.0 Å². The fourth-order valence-corrected chi connectivity index (χ4v) is 3.11. The average molecular weight is 224 g/mol. The zero-order chi connectivity index (χ0) is 12.5. The van der Waals surface area contributed by atoms with E-state index in [1.54, 1.807) is 6.92 Å². The average Bonchev–Trinajstić information content (AvgIpc) is 2.25. The predicted molar refractivity (Wildman–Crippen MR) is 66.0 cm³/mol. The van der Waals surface area contributed by atoms with Gasteiger partial charge < -0.3 is 4.74 Å². The Bertz CT molecular complexity index is 276. The standard InChI is InChI=1S/C12H18O2.C2H6/c1-6(2)12(13)14-11-8(4)10-7(3)5-9(10)11;1-2/h7-11H,1,5H2,2-4H3;1-2H3/t7?,8?,9?,10-,11-;/m0./s1. The second-order valence-corrected chi connectivity index (χ2v) is 4.96. The van der Waals surface area contributed by atoms with Crippen LogP contribution in [-0.2, 0) is 9.53 Å². The first-order chi connectivity index (χ1) is 7.52. The van der Waals surface area contributed by atoms with E-state index in [1.807, 2.05) is 13.8 Å². The van der Waals surface area contributed by atoms with Gasteiger partial charge in [0.2, 0.25) is 0 Å². The molecule has 2 fully saturated rings. The molecular formula is C14H24O2. The maximum atomic E-state index is 11.3. The Balaban J connectivity index is 0.000000606. The minimum atomic E-state index is -0.222. The molecule has 2 rings (SSSR count). The van der Waals surface area contributed by atoms with E-state index in [-0.39, 0.29) is 12.1 Å². The van der Waals surface area contributed by atoms with Gasteiger partial charge in [-0.15, -0.1) is 0 Å². The van der Waals surface area contributed by atoms with Crippen LogP contribution in [0.3, 0.4) is 0 Å². The van der Waals surface area contributed by atoms with Crippen LogP contribution in [0.1, 0.15) is 41.0 Å². The molecule has 2 saturated carbocycles. The fraction of sp³-hybridized carbons (Fsp3) is 0.786. The van der Waals surface area contributed by atoms with E-state index in [0.29, 0.717) is 17.4 Å². The molecular weight excluding hydrogens is 200 g/mol. The highest BCUT2D eigenvalue weighted by Gasteiger charge is 2.58. The summed E-state index contributed by atoms with van der Waals surface area (Å²) in [5, 5.41) is 0. The molecule has 0 amide bonds. The third kappa shape index (κ3) is 2.02. The van der Waals surface area contributed by atoms with Crippen LogP contribution in [0.15, 0.2) is 12.2 Å². The van der Waals surface area contributed by atoms with Crippen molar-refractivity contribution < 1.29 is 9.53 Å². The molecule has 2 heteroatoms. The van der Waals surface area contributed by atoms with Gasteiger partial charge in [-0.2, -0.15) is 0 Å². The summed E-state index contributed by atoms with van der Waals surface area (Å²) in [6.07, 6.45) is 1.39. The van der Waals surface area contributed by atoms with E-state index < -0.39 is 0 Å².